The normalized spacial score (nSPS) is 11.4. The highest BCUT2D eigenvalue weighted by Gasteiger charge is 2.02. The lowest BCUT2D eigenvalue weighted by Crippen LogP contribution is -2.38. The minimum atomic E-state index is 0.615. The predicted molar refractivity (Wildman–Crippen MR) is 102 cm³/mol. The zero-order chi connectivity index (χ0) is 18.1. The molecule has 0 bridgehead atoms. The highest BCUT2D eigenvalue weighted by Crippen LogP contribution is 2.13. The first-order valence-corrected chi connectivity index (χ1v) is 8.78. The van der Waals surface area contributed by atoms with Crippen molar-refractivity contribution in [1.82, 2.24) is 20.4 Å². The highest BCUT2D eigenvalue weighted by molar-refractivity contribution is 5.79. The van der Waals surface area contributed by atoms with Crippen LogP contribution in [0.5, 0.6) is 5.75 Å². The number of aromatic nitrogens is 2. The highest BCUT2D eigenvalue weighted by atomic mass is 16.5. The third kappa shape index (κ3) is 6.14. The molecule has 0 atom stereocenters. The zero-order valence-corrected chi connectivity index (χ0v) is 15.7. The summed E-state index contributed by atoms with van der Waals surface area (Å²) in [4.78, 5) is 4.64. The van der Waals surface area contributed by atoms with Gasteiger partial charge in [-0.2, -0.15) is 5.10 Å². The molecule has 0 fully saturated rings. The van der Waals surface area contributed by atoms with Gasteiger partial charge in [0.05, 0.1) is 19.3 Å². The van der Waals surface area contributed by atoms with Gasteiger partial charge in [0, 0.05) is 25.3 Å². The largest absolute Gasteiger partial charge is 0.497 e. The molecule has 0 saturated carbocycles. The van der Waals surface area contributed by atoms with Crippen LogP contribution >= 0.6 is 0 Å². The van der Waals surface area contributed by atoms with E-state index in [4.69, 9.17) is 4.74 Å². The van der Waals surface area contributed by atoms with Gasteiger partial charge < -0.3 is 15.4 Å². The summed E-state index contributed by atoms with van der Waals surface area (Å²) >= 11 is 0. The Morgan fingerprint density at radius 3 is 2.76 bits per heavy atom. The standard InChI is InChI=1S/C19H29N5O/c1-5-20-19(22-14-17-8-6-9-18(13-17)25-4)21-10-7-11-24-16(3)12-15(2)23-24/h6,8-9,12-13H,5,7,10-11,14H2,1-4H3,(H2,20,21,22). The second kappa shape index (κ2) is 9.71. The van der Waals surface area contributed by atoms with Gasteiger partial charge in [-0.3, -0.25) is 4.68 Å². The van der Waals surface area contributed by atoms with E-state index in [2.05, 4.69) is 51.4 Å². The molecular weight excluding hydrogens is 314 g/mol. The Morgan fingerprint density at radius 2 is 2.08 bits per heavy atom. The summed E-state index contributed by atoms with van der Waals surface area (Å²) in [5, 5.41) is 11.2. The van der Waals surface area contributed by atoms with Crippen LogP contribution in [-0.2, 0) is 13.1 Å². The zero-order valence-electron chi connectivity index (χ0n) is 15.7. The summed E-state index contributed by atoms with van der Waals surface area (Å²) in [6.45, 7) is 9.39. The quantitative estimate of drug-likeness (QED) is 0.439. The van der Waals surface area contributed by atoms with Crippen molar-refractivity contribution >= 4 is 5.96 Å². The lowest BCUT2D eigenvalue weighted by Gasteiger charge is -2.12. The third-order valence-electron chi connectivity index (χ3n) is 3.84. The Balaban J connectivity index is 1.83. The van der Waals surface area contributed by atoms with Crippen molar-refractivity contribution in [1.29, 1.82) is 0 Å². The van der Waals surface area contributed by atoms with Gasteiger partial charge in [0.25, 0.3) is 0 Å². The van der Waals surface area contributed by atoms with Crippen molar-refractivity contribution in [3.8, 4) is 5.75 Å². The molecule has 1 heterocycles. The number of ether oxygens (including phenoxy) is 1. The molecule has 0 radical (unpaired) electrons. The maximum atomic E-state index is 5.25. The molecule has 6 heteroatoms. The van der Waals surface area contributed by atoms with E-state index in [0.29, 0.717) is 6.54 Å². The lowest BCUT2D eigenvalue weighted by molar-refractivity contribution is 0.414. The number of hydrogen-bond donors (Lipinski definition) is 2. The van der Waals surface area contributed by atoms with Crippen molar-refractivity contribution in [2.24, 2.45) is 4.99 Å². The molecular formula is C19H29N5O. The first-order valence-electron chi connectivity index (χ1n) is 8.78. The van der Waals surface area contributed by atoms with Crippen molar-refractivity contribution < 1.29 is 4.74 Å². The Bertz CT molecular complexity index is 693. The molecule has 0 amide bonds. The molecule has 0 aliphatic heterocycles. The molecule has 0 aliphatic rings. The van der Waals surface area contributed by atoms with E-state index >= 15 is 0 Å². The molecule has 25 heavy (non-hydrogen) atoms. The number of benzene rings is 1. The van der Waals surface area contributed by atoms with Crippen LogP contribution in [0.1, 0.15) is 30.3 Å². The molecule has 136 valence electrons. The molecule has 0 spiro atoms. The van der Waals surface area contributed by atoms with Crippen LogP contribution in [0.3, 0.4) is 0 Å². The summed E-state index contributed by atoms with van der Waals surface area (Å²) in [6, 6.07) is 10.1. The van der Waals surface area contributed by atoms with E-state index < -0.39 is 0 Å². The second-order valence-electron chi connectivity index (χ2n) is 5.98. The monoisotopic (exact) mass is 343 g/mol. The minimum Gasteiger partial charge on any atom is -0.497 e. The van der Waals surface area contributed by atoms with Crippen LogP contribution in [0.25, 0.3) is 0 Å². The average Bonchev–Trinajstić information content (AvgIpc) is 2.94. The number of aryl methyl sites for hydroxylation is 3. The average molecular weight is 343 g/mol. The van der Waals surface area contributed by atoms with Crippen molar-refractivity contribution in [2.45, 2.75) is 40.3 Å². The maximum Gasteiger partial charge on any atom is 0.191 e. The fourth-order valence-electron chi connectivity index (χ4n) is 2.62. The van der Waals surface area contributed by atoms with Gasteiger partial charge in [0.15, 0.2) is 5.96 Å². The lowest BCUT2D eigenvalue weighted by atomic mass is 10.2. The third-order valence-corrected chi connectivity index (χ3v) is 3.84. The maximum absolute atomic E-state index is 5.25. The molecule has 1 aromatic carbocycles. The SMILES string of the molecule is CCNC(=NCc1cccc(OC)c1)NCCCn1nc(C)cc1C. The first-order chi connectivity index (χ1) is 12.1. The molecule has 1 aromatic heterocycles. The topological polar surface area (TPSA) is 63.5 Å². The number of aliphatic imine (C=N–C) groups is 1. The van der Waals surface area contributed by atoms with E-state index in [1.807, 2.05) is 25.1 Å². The minimum absolute atomic E-state index is 0.615. The smallest absolute Gasteiger partial charge is 0.191 e. The summed E-state index contributed by atoms with van der Waals surface area (Å²) < 4.78 is 7.31. The van der Waals surface area contributed by atoms with E-state index in [0.717, 1.165) is 49.0 Å². The van der Waals surface area contributed by atoms with E-state index in [-0.39, 0.29) is 0 Å². The number of nitrogens with one attached hydrogen (secondary N) is 2. The predicted octanol–water partition coefficient (Wildman–Crippen LogP) is 2.65. The van der Waals surface area contributed by atoms with Gasteiger partial charge in [-0.25, -0.2) is 4.99 Å². The van der Waals surface area contributed by atoms with Crippen LogP contribution in [0.4, 0.5) is 0 Å². The van der Waals surface area contributed by atoms with Gasteiger partial charge in [0.1, 0.15) is 5.75 Å². The Kier molecular flexibility index (Phi) is 7.32. The van der Waals surface area contributed by atoms with Gasteiger partial charge in [0.2, 0.25) is 0 Å². The van der Waals surface area contributed by atoms with E-state index in [9.17, 15) is 0 Å². The first kappa shape index (κ1) is 18.8. The fourth-order valence-corrected chi connectivity index (χ4v) is 2.62. The fraction of sp³-hybridized carbons (Fsp3) is 0.474. The number of guanidine groups is 1. The Hall–Kier alpha value is -2.50. The summed E-state index contributed by atoms with van der Waals surface area (Å²) in [5.74, 6) is 1.69. The van der Waals surface area contributed by atoms with Gasteiger partial charge in [-0.1, -0.05) is 12.1 Å². The molecule has 2 N–H and O–H groups in total. The van der Waals surface area contributed by atoms with Crippen LogP contribution in [0, 0.1) is 13.8 Å². The van der Waals surface area contributed by atoms with Crippen molar-refractivity contribution in [3.05, 3.63) is 47.3 Å². The van der Waals surface area contributed by atoms with Crippen LogP contribution in [-0.4, -0.2) is 35.9 Å². The summed E-state index contributed by atoms with van der Waals surface area (Å²) in [7, 11) is 1.68. The van der Waals surface area contributed by atoms with Crippen molar-refractivity contribution in [2.75, 3.05) is 20.2 Å². The van der Waals surface area contributed by atoms with Crippen LogP contribution in [0.15, 0.2) is 35.3 Å². The molecule has 0 unspecified atom stereocenters. The molecule has 0 aliphatic carbocycles. The number of rotatable bonds is 8. The van der Waals surface area contributed by atoms with E-state index in [1.54, 1.807) is 7.11 Å². The number of hydrogen-bond acceptors (Lipinski definition) is 3. The van der Waals surface area contributed by atoms with Crippen LogP contribution in [0.2, 0.25) is 0 Å². The van der Waals surface area contributed by atoms with Gasteiger partial charge >= 0.3 is 0 Å². The Labute approximate surface area is 150 Å². The van der Waals surface area contributed by atoms with Crippen LogP contribution < -0.4 is 15.4 Å². The molecule has 2 rings (SSSR count). The van der Waals surface area contributed by atoms with Crippen molar-refractivity contribution in [3.63, 3.8) is 0 Å². The number of methoxy groups -OCH3 is 1. The van der Waals surface area contributed by atoms with E-state index in [1.165, 1.54) is 5.69 Å². The molecule has 0 saturated heterocycles. The van der Waals surface area contributed by atoms with Gasteiger partial charge in [-0.05, 0) is 51.0 Å². The second-order valence-corrected chi connectivity index (χ2v) is 5.98. The van der Waals surface area contributed by atoms with Gasteiger partial charge in [-0.15, -0.1) is 0 Å². The summed E-state index contributed by atoms with van der Waals surface area (Å²) in [6.07, 6.45) is 0.992. The number of nitrogens with zero attached hydrogens (tertiary/aromatic N) is 3. The molecule has 6 nitrogen and oxygen atoms in total. The molecule has 2 aromatic rings. The summed E-state index contributed by atoms with van der Waals surface area (Å²) in [5.41, 5.74) is 3.40. The Morgan fingerprint density at radius 1 is 1.24 bits per heavy atom.